The molecule has 1 aliphatic heterocycles. The summed E-state index contributed by atoms with van der Waals surface area (Å²) in [5, 5.41) is 5.31. The van der Waals surface area contributed by atoms with Gasteiger partial charge in [0.1, 0.15) is 0 Å². The zero-order valence-corrected chi connectivity index (χ0v) is 15.7. The average Bonchev–Trinajstić information content (AvgIpc) is 3.23. The van der Waals surface area contributed by atoms with Crippen LogP contribution in [0.3, 0.4) is 0 Å². The van der Waals surface area contributed by atoms with Gasteiger partial charge in [-0.2, -0.15) is 0 Å². The highest BCUT2D eigenvalue weighted by Gasteiger charge is 2.26. The minimum Gasteiger partial charge on any atom is -0.356 e. The molecule has 4 rings (SSSR count). The first kappa shape index (κ1) is 16.9. The van der Waals surface area contributed by atoms with Crippen molar-refractivity contribution in [2.24, 2.45) is 11.8 Å². The molecule has 2 aliphatic rings. The Kier molecular flexibility index (Phi) is 4.95. The molecular weight excluding hydrogens is 330 g/mol. The Morgan fingerprint density at radius 3 is 2.92 bits per heavy atom. The Morgan fingerprint density at radius 2 is 2.16 bits per heavy atom. The third-order valence-corrected chi connectivity index (χ3v) is 6.38. The number of aromatic nitrogens is 1. The second-order valence-corrected chi connectivity index (χ2v) is 8.67. The van der Waals surface area contributed by atoms with Gasteiger partial charge in [0.25, 0.3) is 0 Å². The maximum Gasteiger partial charge on any atom is 0.220 e. The molecule has 3 heterocycles. The van der Waals surface area contributed by atoms with Crippen molar-refractivity contribution in [3.05, 3.63) is 45.9 Å². The van der Waals surface area contributed by atoms with Gasteiger partial charge in [0, 0.05) is 55.9 Å². The van der Waals surface area contributed by atoms with Gasteiger partial charge in [-0.25, -0.2) is 0 Å². The van der Waals surface area contributed by atoms with Crippen molar-refractivity contribution < 1.29 is 4.79 Å². The van der Waals surface area contributed by atoms with Crippen LogP contribution in [0, 0.1) is 18.8 Å². The molecule has 1 fully saturated rings. The second-order valence-electron chi connectivity index (χ2n) is 7.67. The molecule has 5 heteroatoms. The normalized spacial score (nSPS) is 20.9. The van der Waals surface area contributed by atoms with E-state index in [4.69, 9.17) is 0 Å². The van der Waals surface area contributed by atoms with Crippen LogP contribution in [0.25, 0.3) is 0 Å². The molecule has 1 unspecified atom stereocenters. The summed E-state index contributed by atoms with van der Waals surface area (Å²) in [6.45, 7) is 6.93. The van der Waals surface area contributed by atoms with E-state index in [1.165, 1.54) is 29.0 Å². The Labute approximate surface area is 153 Å². The number of aryl methyl sites for hydroxylation is 1. The van der Waals surface area contributed by atoms with Gasteiger partial charge in [0.2, 0.25) is 5.91 Å². The van der Waals surface area contributed by atoms with Gasteiger partial charge in [-0.1, -0.05) is 0 Å². The number of nitrogens with one attached hydrogen (secondary N) is 1. The van der Waals surface area contributed by atoms with Crippen LogP contribution in [-0.2, 0) is 24.4 Å². The van der Waals surface area contributed by atoms with Crippen LogP contribution in [0.5, 0.6) is 0 Å². The number of rotatable bonds is 6. The maximum absolute atomic E-state index is 12.3. The van der Waals surface area contributed by atoms with Gasteiger partial charge in [-0.3, -0.25) is 9.69 Å². The van der Waals surface area contributed by atoms with E-state index >= 15 is 0 Å². The van der Waals surface area contributed by atoms with E-state index < -0.39 is 0 Å². The number of hydrogen-bond acceptors (Lipinski definition) is 3. The molecule has 2 aromatic rings. The third-order valence-electron chi connectivity index (χ3n) is 5.37. The smallest absolute Gasteiger partial charge is 0.220 e. The number of thiophene rings is 1. The van der Waals surface area contributed by atoms with Crippen LogP contribution in [0.1, 0.15) is 35.4 Å². The van der Waals surface area contributed by atoms with Crippen molar-refractivity contribution in [1.29, 1.82) is 0 Å². The number of fused-ring (bicyclic) bond motifs is 1. The predicted octanol–water partition coefficient (Wildman–Crippen LogP) is 3.41. The van der Waals surface area contributed by atoms with Gasteiger partial charge in [-0.15, -0.1) is 11.3 Å². The van der Waals surface area contributed by atoms with E-state index in [-0.39, 0.29) is 5.91 Å². The molecule has 134 valence electrons. The van der Waals surface area contributed by atoms with E-state index in [2.05, 4.69) is 51.5 Å². The van der Waals surface area contributed by atoms with Gasteiger partial charge in [0.05, 0.1) is 0 Å². The molecule has 0 bridgehead atoms. The summed E-state index contributed by atoms with van der Waals surface area (Å²) in [4.78, 5) is 16.3. The number of amides is 1. The lowest BCUT2D eigenvalue weighted by Gasteiger charge is -2.23. The largest absolute Gasteiger partial charge is 0.356 e. The highest BCUT2D eigenvalue weighted by molar-refractivity contribution is 7.10. The van der Waals surface area contributed by atoms with Crippen molar-refractivity contribution in [2.75, 3.05) is 13.1 Å². The fourth-order valence-electron chi connectivity index (χ4n) is 3.70. The quantitative estimate of drug-likeness (QED) is 0.860. The van der Waals surface area contributed by atoms with Crippen LogP contribution in [0.4, 0.5) is 0 Å². The van der Waals surface area contributed by atoms with Crippen molar-refractivity contribution >= 4 is 17.2 Å². The highest BCUT2D eigenvalue weighted by atomic mass is 32.1. The van der Waals surface area contributed by atoms with Crippen LogP contribution < -0.4 is 5.32 Å². The van der Waals surface area contributed by atoms with E-state index in [9.17, 15) is 4.79 Å². The van der Waals surface area contributed by atoms with E-state index in [0.29, 0.717) is 12.3 Å². The molecule has 25 heavy (non-hydrogen) atoms. The Bertz CT molecular complexity index is 731. The Hall–Kier alpha value is -1.59. The monoisotopic (exact) mass is 357 g/mol. The summed E-state index contributed by atoms with van der Waals surface area (Å²) in [5.74, 6) is 1.33. The van der Waals surface area contributed by atoms with E-state index in [0.717, 1.165) is 38.6 Å². The first-order chi connectivity index (χ1) is 12.2. The zero-order valence-electron chi connectivity index (χ0n) is 14.9. The molecule has 1 N–H and O–H groups in total. The SMILES string of the molecule is Cc1ccsc1CN1Cc2cccn2CC(CC(=O)NCC2CC2)C1. The number of carbonyl (C=O) groups is 1. The van der Waals surface area contributed by atoms with Crippen LogP contribution in [-0.4, -0.2) is 28.5 Å². The molecular formula is C20H27N3OS. The van der Waals surface area contributed by atoms with Gasteiger partial charge < -0.3 is 9.88 Å². The fraction of sp³-hybridized carbons (Fsp3) is 0.550. The molecule has 4 nitrogen and oxygen atoms in total. The molecule has 0 radical (unpaired) electrons. The first-order valence-electron chi connectivity index (χ1n) is 9.33. The van der Waals surface area contributed by atoms with Crippen molar-refractivity contribution in [2.45, 2.75) is 45.8 Å². The number of hydrogen-bond donors (Lipinski definition) is 1. The van der Waals surface area contributed by atoms with Gasteiger partial charge in [0.15, 0.2) is 0 Å². The van der Waals surface area contributed by atoms with E-state index in [1.54, 1.807) is 0 Å². The third kappa shape index (κ3) is 4.33. The molecule has 2 aromatic heterocycles. The fourth-order valence-corrected chi connectivity index (χ4v) is 4.65. The zero-order chi connectivity index (χ0) is 17.2. The first-order valence-corrected chi connectivity index (χ1v) is 10.2. The average molecular weight is 358 g/mol. The molecule has 1 atom stereocenters. The topological polar surface area (TPSA) is 37.3 Å². The van der Waals surface area contributed by atoms with Crippen molar-refractivity contribution in [3.8, 4) is 0 Å². The summed E-state index contributed by atoms with van der Waals surface area (Å²) in [7, 11) is 0. The van der Waals surface area contributed by atoms with Crippen LogP contribution in [0.2, 0.25) is 0 Å². The Morgan fingerprint density at radius 1 is 1.28 bits per heavy atom. The molecule has 0 aromatic carbocycles. The molecule has 1 aliphatic carbocycles. The lowest BCUT2D eigenvalue weighted by Crippen LogP contribution is -2.33. The molecule has 0 spiro atoms. The molecule has 1 saturated carbocycles. The maximum atomic E-state index is 12.3. The second kappa shape index (κ2) is 7.34. The highest BCUT2D eigenvalue weighted by Crippen LogP contribution is 2.28. The minimum absolute atomic E-state index is 0.222. The lowest BCUT2D eigenvalue weighted by molar-refractivity contribution is -0.122. The summed E-state index contributed by atoms with van der Waals surface area (Å²) < 4.78 is 2.33. The lowest BCUT2D eigenvalue weighted by atomic mass is 10.0. The summed E-state index contributed by atoms with van der Waals surface area (Å²) in [6.07, 6.45) is 5.35. The minimum atomic E-state index is 0.222. The number of carbonyl (C=O) groups excluding carboxylic acids is 1. The van der Waals surface area contributed by atoms with Crippen molar-refractivity contribution in [3.63, 3.8) is 0 Å². The molecule has 1 amide bonds. The van der Waals surface area contributed by atoms with Crippen LogP contribution >= 0.6 is 11.3 Å². The summed E-state index contributed by atoms with van der Waals surface area (Å²) in [6, 6.07) is 6.53. The summed E-state index contributed by atoms with van der Waals surface area (Å²) >= 11 is 1.84. The van der Waals surface area contributed by atoms with Crippen molar-refractivity contribution in [1.82, 2.24) is 14.8 Å². The predicted molar refractivity (Wildman–Crippen MR) is 101 cm³/mol. The van der Waals surface area contributed by atoms with Gasteiger partial charge >= 0.3 is 0 Å². The van der Waals surface area contributed by atoms with Gasteiger partial charge in [-0.05, 0) is 60.7 Å². The molecule has 0 saturated heterocycles. The summed E-state index contributed by atoms with van der Waals surface area (Å²) in [5.41, 5.74) is 2.73. The number of nitrogens with zero attached hydrogens (tertiary/aromatic N) is 2. The standard InChI is InChI=1S/C20H27N3OS/c1-15-6-8-25-19(15)14-22-11-17(9-20(24)21-10-16-4-5-16)12-23-7-2-3-18(23)13-22/h2-3,6-8,16-17H,4-5,9-14H2,1H3,(H,21,24). The Balaban J connectivity index is 1.43. The van der Waals surface area contributed by atoms with E-state index in [1.807, 2.05) is 11.3 Å². The van der Waals surface area contributed by atoms with Crippen LogP contribution in [0.15, 0.2) is 29.8 Å².